The van der Waals surface area contributed by atoms with Gasteiger partial charge in [-0.15, -0.1) is 0 Å². The highest BCUT2D eigenvalue weighted by atomic mass is 16.7. The van der Waals surface area contributed by atoms with Crippen molar-refractivity contribution in [3.63, 3.8) is 0 Å². The van der Waals surface area contributed by atoms with E-state index >= 15 is 0 Å². The monoisotopic (exact) mass is 403 g/mol. The lowest BCUT2D eigenvalue weighted by molar-refractivity contribution is -0.158. The van der Waals surface area contributed by atoms with Crippen LogP contribution < -0.4 is 16.1 Å². The van der Waals surface area contributed by atoms with Gasteiger partial charge in [0, 0.05) is 25.4 Å². The van der Waals surface area contributed by atoms with Crippen molar-refractivity contribution in [2.75, 3.05) is 6.54 Å². The number of alkyl carbamates (subject to hydrolysis) is 1. The molecule has 3 amide bonds. The Balaban J connectivity index is 4.18. The third kappa shape index (κ3) is 15.4. The molecule has 0 aliphatic carbocycles. The lowest BCUT2D eigenvalue weighted by Crippen LogP contribution is -2.37. The molecule has 1 unspecified atom stereocenters. The quantitative estimate of drug-likeness (QED) is 0.228. The molecule has 0 heterocycles. The molecule has 0 radical (unpaired) electrons. The molecule has 0 aliphatic heterocycles. The number of ether oxygens (including phenoxy) is 1. The summed E-state index contributed by atoms with van der Waals surface area (Å²) in [6.07, 6.45) is -0.250. The fourth-order valence-electron chi connectivity index (χ4n) is 2.02. The molecule has 1 atom stereocenters. The van der Waals surface area contributed by atoms with E-state index in [-0.39, 0.29) is 19.3 Å². The van der Waals surface area contributed by atoms with E-state index in [1.165, 1.54) is 0 Å². The first kappa shape index (κ1) is 25.1. The highest BCUT2D eigenvalue weighted by Crippen LogP contribution is 2.08. The Kier molecular flexibility index (Phi) is 12.0. The number of carbonyl (C=O) groups excluding carboxylic acids is 4. The van der Waals surface area contributed by atoms with Crippen LogP contribution in [0, 0.1) is 0 Å². The molecule has 11 heteroatoms. The van der Waals surface area contributed by atoms with Gasteiger partial charge in [-0.1, -0.05) is 0 Å². The number of nitrogens with one attached hydrogen (secondary N) is 3. The lowest BCUT2D eigenvalue weighted by Gasteiger charge is -2.20. The molecule has 160 valence electrons. The number of aldehydes is 1. The summed E-state index contributed by atoms with van der Waals surface area (Å²) in [5.41, 5.74) is 1.31. The molecule has 0 saturated heterocycles. The van der Waals surface area contributed by atoms with Crippen molar-refractivity contribution in [2.24, 2.45) is 0 Å². The molecule has 0 aliphatic rings. The second-order valence-corrected chi connectivity index (χ2v) is 6.98. The molecular formula is C17H29N3O8. The van der Waals surface area contributed by atoms with Crippen molar-refractivity contribution < 1.29 is 38.7 Å². The smallest absolute Gasteiger partial charge is 0.407 e. The summed E-state index contributed by atoms with van der Waals surface area (Å²) < 4.78 is 5.09. The number of hydrogen-bond donors (Lipinski definition) is 4. The van der Waals surface area contributed by atoms with Gasteiger partial charge in [0.15, 0.2) is 0 Å². The Morgan fingerprint density at radius 2 is 1.82 bits per heavy atom. The van der Waals surface area contributed by atoms with Gasteiger partial charge in [-0.25, -0.2) is 14.4 Å². The van der Waals surface area contributed by atoms with Crippen LogP contribution in [0.2, 0.25) is 0 Å². The Morgan fingerprint density at radius 3 is 2.39 bits per heavy atom. The van der Waals surface area contributed by atoms with Crippen LogP contribution in [-0.4, -0.2) is 53.6 Å². The summed E-state index contributed by atoms with van der Waals surface area (Å²) in [6, 6.07) is -0.710. The standard InChI is InChI=1S/C17H29N3O8/c1-17(2,3)27-16(26)18-9-5-4-7-12(19-15(24)25)11-14(23)28-20-13(22)8-6-10-21/h10,12,19H,4-9,11H2,1-3H3,(H,18,26)(H,20,22)(H,24,25). The molecule has 0 aromatic carbocycles. The summed E-state index contributed by atoms with van der Waals surface area (Å²) >= 11 is 0. The second kappa shape index (κ2) is 13.3. The Bertz CT molecular complexity index is 545. The number of carboxylic acid groups (broad SMARTS) is 1. The third-order valence-electron chi connectivity index (χ3n) is 3.16. The fraction of sp³-hybridized carbons (Fsp3) is 0.706. The van der Waals surface area contributed by atoms with E-state index in [1.807, 2.05) is 5.48 Å². The predicted octanol–water partition coefficient (Wildman–Crippen LogP) is 1.26. The SMILES string of the molecule is CC(C)(C)OC(=O)NCCCCC(CC(=O)ONC(=O)CCC=O)NC(=O)O. The van der Waals surface area contributed by atoms with Crippen molar-refractivity contribution in [1.82, 2.24) is 16.1 Å². The average molecular weight is 403 g/mol. The van der Waals surface area contributed by atoms with Crippen LogP contribution in [0.1, 0.15) is 59.3 Å². The maximum absolute atomic E-state index is 11.7. The molecule has 11 nitrogen and oxygen atoms in total. The summed E-state index contributed by atoms with van der Waals surface area (Å²) in [4.78, 5) is 60.0. The van der Waals surface area contributed by atoms with Crippen LogP contribution in [0.3, 0.4) is 0 Å². The van der Waals surface area contributed by atoms with Gasteiger partial charge in [0.05, 0.1) is 6.42 Å². The van der Waals surface area contributed by atoms with E-state index < -0.39 is 35.7 Å². The van der Waals surface area contributed by atoms with Crippen molar-refractivity contribution in [3.8, 4) is 0 Å². The molecule has 0 fully saturated rings. The third-order valence-corrected chi connectivity index (χ3v) is 3.16. The topological polar surface area (TPSA) is 160 Å². The number of amides is 3. The summed E-state index contributed by atoms with van der Waals surface area (Å²) in [7, 11) is 0. The van der Waals surface area contributed by atoms with Crippen molar-refractivity contribution >= 4 is 30.3 Å². The van der Waals surface area contributed by atoms with E-state index in [4.69, 9.17) is 9.84 Å². The van der Waals surface area contributed by atoms with Gasteiger partial charge < -0.3 is 30.1 Å². The van der Waals surface area contributed by atoms with Gasteiger partial charge in [-0.3, -0.25) is 4.79 Å². The first-order chi connectivity index (χ1) is 13.0. The molecular weight excluding hydrogens is 374 g/mol. The highest BCUT2D eigenvalue weighted by Gasteiger charge is 2.18. The van der Waals surface area contributed by atoms with Crippen molar-refractivity contribution in [2.45, 2.75) is 70.9 Å². The molecule has 0 aromatic rings. The minimum atomic E-state index is -1.29. The maximum atomic E-state index is 11.7. The fourth-order valence-corrected chi connectivity index (χ4v) is 2.02. The molecule has 28 heavy (non-hydrogen) atoms. The van der Waals surface area contributed by atoms with Gasteiger partial charge in [0.2, 0.25) is 0 Å². The van der Waals surface area contributed by atoms with Gasteiger partial charge in [0.1, 0.15) is 11.9 Å². The van der Waals surface area contributed by atoms with Crippen LogP contribution in [-0.2, 0) is 24.0 Å². The summed E-state index contributed by atoms with van der Waals surface area (Å²) in [6.45, 7) is 5.58. The predicted molar refractivity (Wildman–Crippen MR) is 97.2 cm³/mol. The first-order valence-electron chi connectivity index (χ1n) is 8.92. The number of rotatable bonds is 11. The number of hydroxylamine groups is 1. The van der Waals surface area contributed by atoms with Crippen LogP contribution in [0.25, 0.3) is 0 Å². The van der Waals surface area contributed by atoms with E-state index in [9.17, 15) is 24.0 Å². The van der Waals surface area contributed by atoms with Crippen LogP contribution in [0.15, 0.2) is 0 Å². The number of carbonyl (C=O) groups is 5. The van der Waals surface area contributed by atoms with Crippen LogP contribution in [0.5, 0.6) is 0 Å². The van der Waals surface area contributed by atoms with E-state index in [0.717, 1.165) is 0 Å². The normalized spacial score (nSPS) is 11.7. The Labute approximate surface area is 163 Å². The zero-order valence-electron chi connectivity index (χ0n) is 16.4. The summed E-state index contributed by atoms with van der Waals surface area (Å²) in [5, 5.41) is 13.6. The van der Waals surface area contributed by atoms with Gasteiger partial charge in [0.25, 0.3) is 5.91 Å². The van der Waals surface area contributed by atoms with Gasteiger partial charge >= 0.3 is 18.2 Å². The minimum Gasteiger partial charge on any atom is -0.465 e. The number of unbranched alkanes of at least 4 members (excludes halogenated alkanes) is 1. The van der Waals surface area contributed by atoms with Gasteiger partial charge in [-0.2, -0.15) is 5.48 Å². The van der Waals surface area contributed by atoms with Gasteiger partial charge in [-0.05, 0) is 40.0 Å². The van der Waals surface area contributed by atoms with Crippen molar-refractivity contribution in [1.29, 1.82) is 0 Å². The molecule has 0 aromatic heterocycles. The van der Waals surface area contributed by atoms with Crippen LogP contribution >= 0.6 is 0 Å². The average Bonchev–Trinajstić information content (AvgIpc) is 2.55. The molecule has 4 N–H and O–H groups in total. The zero-order chi connectivity index (χ0) is 21.6. The van der Waals surface area contributed by atoms with Crippen molar-refractivity contribution in [3.05, 3.63) is 0 Å². The lowest BCUT2D eigenvalue weighted by atomic mass is 10.1. The Morgan fingerprint density at radius 1 is 1.14 bits per heavy atom. The molecule has 0 rings (SSSR count). The largest absolute Gasteiger partial charge is 0.465 e. The maximum Gasteiger partial charge on any atom is 0.407 e. The Hall–Kier alpha value is -2.85. The number of hydrogen-bond acceptors (Lipinski definition) is 7. The molecule has 0 bridgehead atoms. The zero-order valence-corrected chi connectivity index (χ0v) is 16.4. The van der Waals surface area contributed by atoms with E-state index in [1.54, 1.807) is 20.8 Å². The first-order valence-corrected chi connectivity index (χ1v) is 8.92. The molecule has 0 saturated carbocycles. The molecule has 0 spiro atoms. The van der Waals surface area contributed by atoms with Crippen LogP contribution in [0.4, 0.5) is 9.59 Å². The van der Waals surface area contributed by atoms with E-state index in [0.29, 0.717) is 32.1 Å². The van der Waals surface area contributed by atoms with E-state index in [2.05, 4.69) is 15.5 Å². The second-order valence-electron chi connectivity index (χ2n) is 6.98. The summed E-state index contributed by atoms with van der Waals surface area (Å²) in [5.74, 6) is -1.44. The highest BCUT2D eigenvalue weighted by molar-refractivity contribution is 5.79. The minimum absolute atomic E-state index is 0.00388.